The first-order chi connectivity index (χ1) is 4.27. The average molecular weight is 153 g/mol. The molecule has 0 rings (SSSR count). The minimum atomic E-state index is -0.298. The van der Waals surface area contributed by atoms with Crippen LogP contribution in [0.2, 0.25) is 0 Å². The van der Waals surface area contributed by atoms with E-state index >= 15 is 0 Å². The Morgan fingerprint density at radius 1 is 1.56 bits per heavy atom. The first-order valence-corrected chi connectivity index (χ1v) is 3.08. The third-order valence-electron chi connectivity index (χ3n) is 0.610. The predicted octanol–water partition coefficient (Wildman–Crippen LogP) is 0.762. The molecule has 9 heavy (non-hydrogen) atoms. The molecule has 0 radical (unpaired) electrons. The third-order valence-corrected chi connectivity index (χ3v) is 0.764. The van der Waals surface area contributed by atoms with Crippen molar-refractivity contribution >= 4 is 17.6 Å². The zero-order valence-electron chi connectivity index (χ0n) is 5.22. The molecule has 0 heterocycles. The maximum atomic E-state index is 10.1. The number of halogens is 1. The van der Waals surface area contributed by atoms with E-state index < -0.39 is 0 Å². The largest absolute Gasteiger partial charge is 0.463 e. The highest BCUT2D eigenvalue weighted by Gasteiger charge is 1.90. The van der Waals surface area contributed by atoms with Gasteiger partial charge in [0.15, 0.2) is 0 Å². The van der Waals surface area contributed by atoms with Gasteiger partial charge >= 0.3 is 5.97 Å². The third kappa shape index (κ3) is 7.72. The molecule has 0 atom stereocenters. The molecular formula is C5H9ClO3. The van der Waals surface area contributed by atoms with E-state index in [1.54, 1.807) is 0 Å². The Labute approximate surface area is 58.9 Å². The van der Waals surface area contributed by atoms with Crippen molar-refractivity contribution in [1.29, 1.82) is 0 Å². The molecule has 0 aromatic rings. The van der Waals surface area contributed by atoms with E-state index in [0.29, 0.717) is 6.61 Å². The summed E-state index contributed by atoms with van der Waals surface area (Å²) < 4.78 is 9.19. The van der Waals surface area contributed by atoms with Crippen LogP contribution in [0.15, 0.2) is 0 Å². The van der Waals surface area contributed by atoms with Gasteiger partial charge in [0.05, 0.1) is 6.61 Å². The van der Waals surface area contributed by atoms with Crippen molar-refractivity contribution in [3.05, 3.63) is 0 Å². The van der Waals surface area contributed by atoms with Crippen LogP contribution in [-0.4, -0.2) is 25.2 Å². The average Bonchev–Trinajstić information content (AvgIpc) is 1.80. The molecule has 0 aliphatic heterocycles. The molecule has 0 spiro atoms. The number of hydrogen-bond donors (Lipinski definition) is 0. The molecule has 0 unspecified atom stereocenters. The number of esters is 1. The topological polar surface area (TPSA) is 35.5 Å². The van der Waals surface area contributed by atoms with E-state index in [1.807, 2.05) is 0 Å². The van der Waals surface area contributed by atoms with Crippen molar-refractivity contribution in [3.63, 3.8) is 0 Å². The van der Waals surface area contributed by atoms with Crippen LogP contribution in [0.1, 0.15) is 6.92 Å². The van der Waals surface area contributed by atoms with Crippen molar-refractivity contribution in [2.75, 3.05) is 19.3 Å². The van der Waals surface area contributed by atoms with E-state index in [-0.39, 0.29) is 18.6 Å². The van der Waals surface area contributed by atoms with Gasteiger partial charge in [-0.25, -0.2) is 0 Å². The number of carbonyl (C=O) groups excluding carboxylic acids is 1. The van der Waals surface area contributed by atoms with Crippen LogP contribution < -0.4 is 0 Å². The van der Waals surface area contributed by atoms with Gasteiger partial charge in [-0.2, -0.15) is 0 Å². The molecule has 3 nitrogen and oxygen atoms in total. The zero-order chi connectivity index (χ0) is 7.11. The maximum absolute atomic E-state index is 10.1. The highest BCUT2D eigenvalue weighted by atomic mass is 35.5. The molecule has 0 amide bonds. The van der Waals surface area contributed by atoms with Crippen LogP contribution in [0.5, 0.6) is 0 Å². The van der Waals surface area contributed by atoms with E-state index in [0.717, 1.165) is 0 Å². The van der Waals surface area contributed by atoms with Gasteiger partial charge < -0.3 is 9.47 Å². The Hall–Kier alpha value is -0.280. The van der Waals surface area contributed by atoms with Gasteiger partial charge in [0, 0.05) is 6.92 Å². The second-order valence-corrected chi connectivity index (χ2v) is 1.58. The minimum absolute atomic E-state index is 0.140. The van der Waals surface area contributed by atoms with Gasteiger partial charge in [-0.15, -0.1) is 0 Å². The summed E-state index contributed by atoms with van der Waals surface area (Å²) in [5, 5.41) is 0. The van der Waals surface area contributed by atoms with Crippen molar-refractivity contribution in [2.24, 2.45) is 0 Å². The monoisotopic (exact) mass is 152 g/mol. The molecule has 0 saturated carbocycles. The summed E-state index contributed by atoms with van der Waals surface area (Å²) in [4.78, 5) is 10.1. The summed E-state index contributed by atoms with van der Waals surface area (Å²) >= 11 is 5.15. The van der Waals surface area contributed by atoms with Crippen LogP contribution in [0.4, 0.5) is 0 Å². The molecule has 0 aromatic carbocycles. The Balaban J connectivity index is 2.83. The molecule has 0 fully saturated rings. The van der Waals surface area contributed by atoms with Crippen LogP contribution in [0.25, 0.3) is 0 Å². The second-order valence-electron chi connectivity index (χ2n) is 1.36. The quantitative estimate of drug-likeness (QED) is 0.339. The normalized spacial score (nSPS) is 9.11. The Morgan fingerprint density at radius 2 is 2.22 bits per heavy atom. The molecule has 0 aliphatic rings. The smallest absolute Gasteiger partial charge is 0.302 e. The van der Waals surface area contributed by atoms with Crippen LogP contribution >= 0.6 is 11.6 Å². The summed E-state index contributed by atoms with van der Waals surface area (Å²) in [6, 6.07) is 0.140. The fourth-order valence-corrected chi connectivity index (χ4v) is 0.408. The van der Waals surface area contributed by atoms with Gasteiger partial charge in [-0.3, -0.25) is 4.79 Å². The van der Waals surface area contributed by atoms with Crippen LogP contribution in [0, 0.1) is 0 Å². The summed E-state index contributed by atoms with van der Waals surface area (Å²) in [6.07, 6.45) is 0. The Bertz CT molecular complexity index is 84.3. The Morgan fingerprint density at radius 3 is 2.67 bits per heavy atom. The number of carbonyl (C=O) groups is 1. The molecule has 0 aliphatic carbocycles. The second kappa shape index (κ2) is 5.85. The number of ether oxygens (including phenoxy) is 2. The SMILES string of the molecule is CC(=O)OCCOCCl. The van der Waals surface area contributed by atoms with Gasteiger partial charge in [-0.1, -0.05) is 11.6 Å². The van der Waals surface area contributed by atoms with Crippen molar-refractivity contribution in [3.8, 4) is 0 Å². The first-order valence-electron chi connectivity index (χ1n) is 2.54. The lowest BCUT2D eigenvalue weighted by atomic mass is 10.7. The number of alkyl halides is 1. The minimum Gasteiger partial charge on any atom is -0.463 e. The molecule has 4 heteroatoms. The molecule has 0 saturated heterocycles. The van der Waals surface area contributed by atoms with E-state index in [1.165, 1.54) is 6.92 Å². The standard InChI is InChI=1S/C5H9ClO3/c1-5(7)9-3-2-8-4-6/h2-4H2,1H3. The lowest BCUT2D eigenvalue weighted by molar-refractivity contribution is -0.142. The fraction of sp³-hybridized carbons (Fsp3) is 0.800. The predicted molar refractivity (Wildman–Crippen MR) is 33.3 cm³/mol. The van der Waals surface area contributed by atoms with Gasteiger partial charge in [-0.05, 0) is 0 Å². The van der Waals surface area contributed by atoms with Gasteiger partial charge in [0.25, 0.3) is 0 Å². The maximum Gasteiger partial charge on any atom is 0.302 e. The summed E-state index contributed by atoms with van der Waals surface area (Å²) in [5.41, 5.74) is 0. The van der Waals surface area contributed by atoms with Crippen molar-refractivity contribution in [1.82, 2.24) is 0 Å². The van der Waals surface area contributed by atoms with E-state index in [4.69, 9.17) is 11.6 Å². The number of hydrogen-bond acceptors (Lipinski definition) is 3. The molecular weight excluding hydrogens is 144 g/mol. The first kappa shape index (κ1) is 8.72. The summed E-state index contributed by atoms with van der Waals surface area (Å²) in [6.45, 7) is 1.99. The van der Waals surface area contributed by atoms with Crippen LogP contribution in [0.3, 0.4) is 0 Å². The summed E-state index contributed by atoms with van der Waals surface area (Å²) in [7, 11) is 0. The zero-order valence-corrected chi connectivity index (χ0v) is 5.98. The van der Waals surface area contributed by atoms with Gasteiger partial charge in [0.2, 0.25) is 0 Å². The highest BCUT2D eigenvalue weighted by molar-refractivity contribution is 6.17. The fourth-order valence-electron chi connectivity index (χ4n) is 0.299. The van der Waals surface area contributed by atoms with E-state index in [9.17, 15) is 4.79 Å². The molecule has 54 valence electrons. The van der Waals surface area contributed by atoms with Crippen molar-refractivity contribution in [2.45, 2.75) is 6.92 Å². The summed E-state index contributed by atoms with van der Waals surface area (Å²) in [5.74, 6) is -0.298. The highest BCUT2D eigenvalue weighted by Crippen LogP contribution is 1.80. The Kier molecular flexibility index (Phi) is 5.67. The van der Waals surface area contributed by atoms with Gasteiger partial charge in [0.1, 0.15) is 12.7 Å². The molecule has 0 N–H and O–H groups in total. The molecule has 0 aromatic heterocycles. The lowest BCUT2D eigenvalue weighted by Crippen LogP contribution is -2.06. The number of rotatable bonds is 4. The van der Waals surface area contributed by atoms with Crippen LogP contribution in [-0.2, 0) is 14.3 Å². The lowest BCUT2D eigenvalue weighted by Gasteiger charge is -1.99. The van der Waals surface area contributed by atoms with Crippen molar-refractivity contribution < 1.29 is 14.3 Å². The van der Waals surface area contributed by atoms with E-state index in [2.05, 4.69) is 9.47 Å². The molecule has 0 bridgehead atoms.